The SMILES string of the molecule is CCC(C)(C)C(O)C1=CCCCCCC1. The van der Waals surface area contributed by atoms with Gasteiger partial charge in [-0.25, -0.2) is 0 Å². The van der Waals surface area contributed by atoms with Crippen LogP contribution in [0.15, 0.2) is 11.6 Å². The first-order valence-electron chi connectivity index (χ1n) is 6.45. The maximum Gasteiger partial charge on any atom is 0.0800 e. The van der Waals surface area contributed by atoms with E-state index in [9.17, 15) is 5.11 Å². The monoisotopic (exact) mass is 210 g/mol. The molecule has 0 aromatic heterocycles. The van der Waals surface area contributed by atoms with Crippen molar-refractivity contribution in [3.63, 3.8) is 0 Å². The molecule has 88 valence electrons. The van der Waals surface area contributed by atoms with Crippen LogP contribution < -0.4 is 0 Å². The molecule has 0 aromatic rings. The zero-order valence-electron chi connectivity index (χ0n) is 10.6. The maximum absolute atomic E-state index is 10.4. The molecule has 0 aromatic carbocycles. The Bertz CT molecular complexity index is 215. The predicted octanol–water partition coefficient (Wildman–Crippen LogP) is 4.06. The molecule has 1 N–H and O–H groups in total. The number of allylic oxidation sites excluding steroid dienone is 1. The average molecular weight is 210 g/mol. The third-order valence-electron chi connectivity index (χ3n) is 3.83. The van der Waals surface area contributed by atoms with Crippen LogP contribution in [0.3, 0.4) is 0 Å². The van der Waals surface area contributed by atoms with Crippen LogP contribution in [0, 0.1) is 5.41 Å². The second-order valence-electron chi connectivity index (χ2n) is 5.48. The molecule has 1 heteroatoms. The lowest BCUT2D eigenvalue weighted by Gasteiger charge is -2.32. The van der Waals surface area contributed by atoms with E-state index in [0.29, 0.717) is 0 Å². The minimum absolute atomic E-state index is 0.0328. The quantitative estimate of drug-likeness (QED) is 0.696. The second-order valence-corrected chi connectivity index (χ2v) is 5.48. The summed E-state index contributed by atoms with van der Waals surface area (Å²) >= 11 is 0. The van der Waals surface area contributed by atoms with Crippen LogP contribution in [-0.4, -0.2) is 11.2 Å². The summed E-state index contributed by atoms with van der Waals surface area (Å²) in [5.41, 5.74) is 1.33. The Balaban J connectivity index is 2.67. The van der Waals surface area contributed by atoms with E-state index in [1.165, 1.54) is 31.3 Å². The first-order chi connectivity index (χ1) is 7.08. The highest BCUT2D eigenvalue weighted by atomic mass is 16.3. The Kier molecular flexibility index (Phi) is 4.85. The normalized spacial score (nSPS) is 21.5. The molecule has 1 nitrogen and oxygen atoms in total. The molecule has 1 unspecified atom stereocenters. The standard InChI is InChI=1S/C14H26O/c1-4-14(2,3)13(15)12-10-8-6-5-7-9-11-12/h10,13,15H,4-9,11H2,1-3H3. The van der Waals surface area contributed by atoms with Gasteiger partial charge in [0, 0.05) is 0 Å². The lowest BCUT2D eigenvalue weighted by molar-refractivity contribution is 0.0740. The highest BCUT2D eigenvalue weighted by molar-refractivity contribution is 5.12. The molecular weight excluding hydrogens is 184 g/mol. The lowest BCUT2D eigenvalue weighted by Crippen LogP contribution is -2.30. The van der Waals surface area contributed by atoms with Gasteiger partial charge in [-0.2, -0.15) is 0 Å². The number of hydrogen-bond donors (Lipinski definition) is 1. The highest BCUT2D eigenvalue weighted by Crippen LogP contribution is 2.32. The maximum atomic E-state index is 10.4. The van der Waals surface area contributed by atoms with Gasteiger partial charge in [0.05, 0.1) is 6.10 Å². The third kappa shape index (κ3) is 3.64. The number of rotatable bonds is 3. The van der Waals surface area contributed by atoms with Crippen molar-refractivity contribution >= 4 is 0 Å². The van der Waals surface area contributed by atoms with Gasteiger partial charge in [-0.1, -0.05) is 39.7 Å². The van der Waals surface area contributed by atoms with Gasteiger partial charge in [0.2, 0.25) is 0 Å². The first kappa shape index (κ1) is 12.8. The van der Waals surface area contributed by atoms with Crippen LogP contribution in [0.1, 0.15) is 65.7 Å². The summed E-state index contributed by atoms with van der Waals surface area (Å²) in [5.74, 6) is 0. The van der Waals surface area contributed by atoms with Gasteiger partial charge in [0.15, 0.2) is 0 Å². The molecule has 0 radical (unpaired) electrons. The third-order valence-corrected chi connectivity index (χ3v) is 3.83. The molecule has 0 bridgehead atoms. The topological polar surface area (TPSA) is 20.2 Å². The summed E-state index contributed by atoms with van der Waals surface area (Å²) in [4.78, 5) is 0. The van der Waals surface area contributed by atoms with Crippen molar-refractivity contribution in [2.75, 3.05) is 0 Å². The largest absolute Gasteiger partial charge is 0.388 e. The van der Waals surface area contributed by atoms with Crippen LogP contribution in [0.4, 0.5) is 0 Å². The van der Waals surface area contributed by atoms with Gasteiger partial charge in [-0.3, -0.25) is 0 Å². The van der Waals surface area contributed by atoms with E-state index in [-0.39, 0.29) is 11.5 Å². The minimum Gasteiger partial charge on any atom is -0.388 e. The zero-order valence-corrected chi connectivity index (χ0v) is 10.6. The van der Waals surface area contributed by atoms with Gasteiger partial charge in [-0.05, 0) is 43.1 Å². The van der Waals surface area contributed by atoms with E-state index < -0.39 is 0 Å². The molecule has 0 saturated heterocycles. The summed E-state index contributed by atoms with van der Waals surface area (Å²) in [5, 5.41) is 10.4. The van der Waals surface area contributed by atoms with Gasteiger partial charge in [0.1, 0.15) is 0 Å². The molecule has 1 rings (SSSR count). The van der Waals surface area contributed by atoms with Crippen molar-refractivity contribution in [2.24, 2.45) is 5.41 Å². The zero-order chi connectivity index (χ0) is 11.3. The lowest BCUT2D eigenvalue weighted by atomic mass is 9.78. The molecule has 15 heavy (non-hydrogen) atoms. The van der Waals surface area contributed by atoms with E-state index in [1.54, 1.807) is 0 Å². The first-order valence-corrected chi connectivity index (χ1v) is 6.45. The van der Waals surface area contributed by atoms with E-state index in [2.05, 4.69) is 26.8 Å². The van der Waals surface area contributed by atoms with Gasteiger partial charge >= 0.3 is 0 Å². The van der Waals surface area contributed by atoms with Crippen LogP contribution in [0.5, 0.6) is 0 Å². The van der Waals surface area contributed by atoms with Crippen LogP contribution in [0.25, 0.3) is 0 Å². The van der Waals surface area contributed by atoms with E-state index in [0.717, 1.165) is 19.3 Å². The summed E-state index contributed by atoms with van der Waals surface area (Å²) < 4.78 is 0. The van der Waals surface area contributed by atoms with Crippen LogP contribution in [0.2, 0.25) is 0 Å². The fraction of sp³-hybridized carbons (Fsp3) is 0.857. The Morgan fingerprint density at radius 2 is 1.93 bits per heavy atom. The van der Waals surface area contributed by atoms with Gasteiger partial charge < -0.3 is 5.11 Å². The molecule has 1 atom stereocenters. The van der Waals surface area contributed by atoms with E-state index in [4.69, 9.17) is 0 Å². The van der Waals surface area contributed by atoms with Crippen molar-refractivity contribution in [3.8, 4) is 0 Å². The number of aliphatic hydroxyl groups excluding tert-OH is 1. The Morgan fingerprint density at radius 1 is 1.27 bits per heavy atom. The van der Waals surface area contributed by atoms with Crippen molar-refractivity contribution < 1.29 is 5.11 Å². The minimum atomic E-state index is -0.236. The molecule has 0 saturated carbocycles. The average Bonchev–Trinajstić information content (AvgIpc) is 2.16. The molecular formula is C14H26O. The summed E-state index contributed by atoms with van der Waals surface area (Å²) in [6, 6.07) is 0. The van der Waals surface area contributed by atoms with Crippen molar-refractivity contribution in [3.05, 3.63) is 11.6 Å². The predicted molar refractivity (Wildman–Crippen MR) is 65.9 cm³/mol. The molecule has 0 fully saturated rings. The molecule has 0 aliphatic heterocycles. The molecule has 0 spiro atoms. The summed E-state index contributed by atoms with van der Waals surface area (Å²) in [6.07, 6.45) is 10.6. The molecule has 1 aliphatic rings. The molecule has 0 amide bonds. The Labute approximate surface area is 94.6 Å². The van der Waals surface area contributed by atoms with Gasteiger partial charge in [-0.15, -0.1) is 0 Å². The highest BCUT2D eigenvalue weighted by Gasteiger charge is 2.28. The summed E-state index contributed by atoms with van der Waals surface area (Å²) in [7, 11) is 0. The second kappa shape index (κ2) is 5.69. The fourth-order valence-corrected chi connectivity index (χ4v) is 2.16. The number of hydrogen-bond acceptors (Lipinski definition) is 1. The summed E-state index contributed by atoms with van der Waals surface area (Å²) in [6.45, 7) is 6.49. The molecule has 1 aliphatic carbocycles. The van der Waals surface area contributed by atoms with E-state index >= 15 is 0 Å². The molecule has 0 heterocycles. The van der Waals surface area contributed by atoms with Crippen molar-refractivity contribution in [2.45, 2.75) is 71.8 Å². The van der Waals surface area contributed by atoms with Crippen molar-refractivity contribution in [1.29, 1.82) is 0 Å². The van der Waals surface area contributed by atoms with Crippen LogP contribution >= 0.6 is 0 Å². The van der Waals surface area contributed by atoms with Crippen molar-refractivity contribution in [1.82, 2.24) is 0 Å². The Hall–Kier alpha value is -0.300. The van der Waals surface area contributed by atoms with Gasteiger partial charge in [0.25, 0.3) is 0 Å². The van der Waals surface area contributed by atoms with E-state index in [1.807, 2.05) is 0 Å². The fourth-order valence-electron chi connectivity index (χ4n) is 2.16. The van der Waals surface area contributed by atoms with Crippen LogP contribution in [-0.2, 0) is 0 Å². The Morgan fingerprint density at radius 3 is 2.60 bits per heavy atom. The smallest absolute Gasteiger partial charge is 0.0800 e. The number of aliphatic hydroxyl groups is 1.